The van der Waals surface area contributed by atoms with Gasteiger partial charge in [0.15, 0.2) is 4.67 Å². The van der Waals surface area contributed by atoms with Crippen LogP contribution in [0.3, 0.4) is 0 Å². The van der Waals surface area contributed by atoms with Crippen LogP contribution in [0.4, 0.5) is 0 Å². The molecule has 120 valence electrons. The first-order valence-electron chi connectivity index (χ1n) is 7.50. The molecule has 1 aromatic carbocycles. The normalized spacial score (nSPS) is 18.5. The van der Waals surface area contributed by atoms with Gasteiger partial charge in [0.25, 0.3) is 0 Å². The third kappa shape index (κ3) is 4.61. The zero-order chi connectivity index (χ0) is 16.1. The molecule has 1 fully saturated rings. The van der Waals surface area contributed by atoms with Gasteiger partial charge in [-0.2, -0.15) is 0 Å². The third-order valence-electron chi connectivity index (χ3n) is 3.67. The van der Waals surface area contributed by atoms with Gasteiger partial charge in [0.2, 0.25) is 0 Å². The molecule has 2 heterocycles. The number of ether oxygens (including phenoxy) is 2. The number of benzene rings is 1. The fourth-order valence-corrected chi connectivity index (χ4v) is 2.89. The largest absolute Gasteiger partial charge is 0.491 e. The second kappa shape index (κ2) is 7.69. The summed E-state index contributed by atoms with van der Waals surface area (Å²) in [6.45, 7) is 3.68. The van der Waals surface area contributed by atoms with Gasteiger partial charge in [-0.25, -0.2) is 0 Å². The minimum Gasteiger partial charge on any atom is -0.491 e. The summed E-state index contributed by atoms with van der Waals surface area (Å²) in [5.74, 6) is 4.33. The summed E-state index contributed by atoms with van der Waals surface area (Å²) in [6, 6.07) is 11.4. The Morgan fingerprint density at radius 2 is 2.26 bits per heavy atom. The lowest BCUT2D eigenvalue weighted by molar-refractivity contribution is -0.0518. The van der Waals surface area contributed by atoms with Crippen molar-refractivity contribution in [3.8, 4) is 18.1 Å². The molecule has 5 heteroatoms. The van der Waals surface area contributed by atoms with Crippen molar-refractivity contribution < 1.29 is 13.9 Å². The van der Waals surface area contributed by atoms with Crippen molar-refractivity contribution in [1.29, 1.82) is 0 Å². The van der Waals surface area contributed by atoms with Crippen LogP contribution in [0.25, 0.3) is 0 Å². The minimum absolute atomic E-state index is 0.0386. The SMILES string of the molecule is C#Cc1cccc(OCC2CN(Cc3ccc(Br)o3)CCO2)c1. The fraction of sp³-hybridized carbons (Fsp3) is 0.333. The molecule has 1 unspecified atom stereocenters. The van der Waals surface area contributed by atoms with Gasteiger partial charge in [0, 0.05) is 18.7 Å². The summed E-state index contributed by atoms with van der Waals surface area (Å²) in [5.41, 5.74) is 0.817. The van der Waals surface area contributed by atoms with E-state index in [1.54, 1.807) is 0 Å². The van der Waals surface area contributed by atoms with Gasteiger partial charge in [0.1, 0.15) is 24.2 Å². The zero-order valence-corrected chi connectivity index (χ0v) is 14.3. The molecule has 1 saturated heterocycles. The number of rotatable bonds is 5. The molecule has 0 N–H and O–H groups in total. The highest BCUT2D eigenvalue weighted by Crippen LogP contribution is 2.18. The molecular weight excluding hydrogens is 358 g/mol. The predicted molar refractivity (Wildman–Crippen MR) is 91.3 cm³/mol. The van der Waals surface area contributed by atoms with Gasteiger partial charge >= 0.3 is 0 Å². The second-order valence-corrected chi connectivity index (χ2v) is 6.20. The number of hydrogen-bond acceptors (Lipinski definition) is 4. The highest BCUT2D eigenvalue weighted by atomic mass is 79.9. The van der Waals surface area contributed by atoms with Crippen molar-refractivity contribution in [2.75, 3.05) is 26.3 Å². The van der Waals surface area contributed by atoms with E-state index in [1.165, 1.54) is 0 Å². The van der Waals surface area contributed by atoms with Crippen molar-refractivity contribution in [3.05, 3.63) is 52.4 Å². The maximum Gasteiger partial charge on any atom is 0.169 e. The molecule has 0 saturated carbocycles. The first-order chi connectivity index (χ1) is 11.2. The predicted octanol–water partition coefficient (Wildman–Crippen LogP) is 3.30. The van der Waals surface area contributed by atoms with Crippen molar-refractivity contribution in [3.63, 3.8) is 0 Å². The molecule has 3 rings (SSSR count). The molecule has 1 aliphatic rings. The summed E-state index contributed by atoms with van der Waals surface area (Å²) in [5, 5.41) is 0. The average Bonchev–Trinajstić information content (AvgIpc) is 2.98. The number of morpholine rings is 1. The van der Waals surface area contributed by atoms with E-state index in [9.17, 15) is 0 Å². The highest BCUT2D eigenvalue weighted by molar-refractivity contribution is 9.10. The molecule has 0 aliphatic carbocycles. The van der Waals surface area contributed by atoms with Gasteiger partial charge in [-0.3, -0.25) is 4.90 Å². The third-order valence-corrected chi connectivity index (χ3v) is 4.09. The van der Waals surface area contributed by atoms with Crippen LogP contribution >= 0.6 is 15.9 Å². The summed E-state index contributed by atoms with van der Waals surface area (Å²) >= 11 is 3.33. The quantitative estimate of drug-likeness (QED) is 0.751. The van der Waals surface area contributed by atoms with Crippen LogP contribution in [-0.2, 0) is 11.3 Å². The molecule has 0 amide bonds. The topological polar surface area (TPSA) is 34.8 Å². The molecule has 4 nitrogen and oxygen atoms in total. The summed E-state index contributed by atoms with van der Waals surface area (Å²) in [7, 11) is 0. The molecule has 0 bridgehead atoms. The smallest absolute Gasteiger partial charge is 0.169 e. The summed E-state index contributed by atoms with van der Waals surface area (Å²) < 4.78 is 17.9. The molecule has 0 spiro atoms. The molecule has 1 aromatic heterocycles. The van der Waals surface area contributed by atoms with Gasteiger partial charge in [0.05, 0.1) is 13.2 Å². The van der Waals surface area contributed by atoms with Crippen molar-refractivity contribution in [1.82, 2.24) is 4.90 Å². The van der Waals surface area contributed by atoms with Crippen molar-refractivity contribution in [2.24, 2.45) is 0 Å². The minimum atomic E-state index is 0.0386. The molecular formula is C18H18BrNO3. The Balaban J connectivity index is 1.51. The number of nitrogens with zero attached hydrogens (tertiary/aromatic N) is 1. The summed E-state index contributed by atoms with van der Waals surface area (Å²) in [6.07, 6.45) is 5.44. The lowest BCUT2D eigenvalue weighted by atomic mass is 10.2. The van der Waals surface area contributed by atoms with Crippen LogP contribution in [0.2, 0.25) is 0 Å². The van der Waals surface area contributed by atoms with Crippen LogP contribution in [0.5, 0.6) is 5.75 Å². The number of hydrogen-bond donors (Lipinski definition) is 0. The maximum atomic E-state index is 5.81. The van der Waals surface area contributed by atoms with Gasteiger partial charge < -0.3 is 13.9 Å². The van der Waals surface area contributed by atoms with Crippen molar-refractivity contribution in [2.45, 2.75) is 12.6 Å². The standard InChI is InChI=1S/C18H18BrNO3/c1-2-14-4-3-5-15(10-14)22-13-17-12-20(8-9-21-17)11-16-6-7-18(19)23-16/h1,3-7,10,17H,8-9,11-13H2. The monoisotopic (exact) mass is 375 g/mol. The Morgan fingerprint density at radius 1 is 1.35 bits per heavy atom. The number of terminal acetylenes is 1. The van der Waals surface area contributed by atoms with E-state index < -0.39 is 0 Å². The van der Waals surface area contributed by atoms with Crippen LogP contribution in [0.1, 0.15) is 11.3 Å². The van der Waals surface area contributed by atoms with Crippen LogP contribution in [0, 0.1) is 12.3 Å². The van der Waals surface area contributed by atoms with E-state index in [0.29, 0.717) is 13.2 Å². The zero-order valence-electron chi connectivity index (χ0n) is 12.7. The molecule has 1 aliphatic heterocycles. The molecule has 2 aromatic rings. The summed E-state index contributed by atoms with van der Waals surface area (Å²) in [4.78, 5) is 2.31. The number of halogens is 1. The highest BCUT2D eigenvalue weighted by Gasteiger charge is 2.22. The van der Waals surface area contributed by atoms with Gasteiger partial charge in [-0.1, -0.05) is 12.0 Å². The molecule has 23 heavy (non-hydrogen) atoms. The van der Waals surface area contributed by atoms with Crippen LogP contribution in [0.15, 0.2) is 45.5 Å². The first kappa shape index (κ1) is 16.1. The van der Waals surface area contributed by atoms with Crippen molar-refractivity contribution >= 4 is 15.9 Å². The average molecular weight is 376 g/mol. The van der Waals surface area contributed by atoms with E-state index in [2.05, 4.69) is 26.8 Å². The second-order valence-electron chi connectivity index (χ2n) is 5.42. The molecule has 1 atom stereocenters. The Bertz CT molecular complexity index is 692. The molecule has 0 radical (unpaired) electrons. The van der Waals surface area contributed by atoms with E-state index in [-0.39, 0.29) is 6.10 Å². The maximum absolute atomic E-state index is 5.81. The lowest BCUT2D eigenvalue weighted by Crippen LogP contribution is -2.44. The van der Waals surface area contributed by atoms with E-state index in [4.69, 9.17) is 20.3 Å². The fourth-order valence-electron chi connectivity index (χ4n) is 2.55. The van der Waals surface area contributed by atoms with Crippen LogP contribution in [-0.4, -0.2) is 37.3 Å². The number of furan rings is 1. The first-order valence-corrected chi connectivity index (χ1v) is 8.30. The van der Waals surface area contributed by atoms with Gasteiger partial charge in [-0.15, -0.1) is 6.42 Å². The lowest BCUT2D eigenvalue weighted by Gasteiger charge is -2.32. The van der Waals surface area contributed by atoms with E-state index in [1.807, 2.05) is 36.4 Å². The van der Waals surface area contributed by atoms with Crippen LogP contribution < -0.4 is 4.74 Å². The Labute approximate surface area is 144 Å². The van der Waals surface area contributed by atoms with E-state index >= 15 is 0 Å². The van der Waals surface area contributed by atoms with Gasteiger partial charge in [-0.05, 0) is 46.3 Å². The Kier molecular flexibility index (Phi) is 5.39. The Hall–Kier alpha value is -1.74. The van der Waals surface area contributed by atoms with E-state index in [0.717, 1.165) is 41.4 Å². The Morgan fingerprint density at radius 3 is 3.04 bits per heavy atom.